The zero-order valence-electron chi connectivity index (χ0n) is 14.9. The van der Waals surface area contributed by atoms with Crippen molar-refractivity contribution in [3.05, 3.63) is 47.4 Å². The summed E-state index contributed by atoms with van der Waals surface area (Å²) in [6.45, 7) is 0.802. The molecule has 0 radical (unpaired) electrons. The predicted octanol–water partition coefficient (Wildman–Crippen LogP) is 4.05. The molecule has 0 spiro atoms. The van der Waals surface area contributed by atoms with Gasteiger partial charge in [-0.3, -0.25) is 14.4 Å². The summed E-state index contributed by atoms with van der Waals surface area (Å²) in [4.78, 5) is 19.7. The van der Waals surface area contributed by atoms with Crippen LogP contribution in [0.3, 0.4) is 0 Å². The largest absolute Gasteiger partial charge is 0.487 e. The third-order valence-electron chi connectivity index (χ3n) is 4.37. The number of carbonyl (C=O) groups is 1. The van der Waals surface area contributed by atoms with E-state index >= 15 is 0 Å². The predicted molar refractivity (Wildman–Crippen MR) is 97.6 cm³/mol. The molecule has 4 rings (SSSR count). The normalized spacial score (nSPS) is 13.9. The molecule has 10 heteroatoms. The van der Waals surface area contributed by atoms with Crippen molar-refractivity contribution < 1.29 is 22.7 Å². The van der Waals surface area contributed by atoms with Crippen molar-refractivity contribution in [3.63, 3.8) is 0 Å². The van der Waals surface area contributed by atoms with Crippen molar-refractivity contribution in [1.29, 1.82) is 0 Å². The number of hydrogen-bond acceptors (Lipinski definition) is 5. The number of halogens is 3. The molecule has 0 fully saturated rings. The average molecular weight is 408 g/mol. The molecule has 0 atom stereocenters. The molecular formula is C18H15F3N4O2S. The van der Waals surface area contributed by atoms with Crippen molar-refractivity contribution >= 4 is 22.9 Å². The molecule has 3 aromatic heterocycles. The van der Waals surface area contributed by atoms with Crippen LogP contribution in [0.2, 0.25) is 0 Å². The number of nitrogens with zero attached hydrogens (tertiary/aromatic N) is 4. The monoisotopic (exact) mass is 408 g/mol. The number of methoxy groups -OCH3 is 1. The van der Waals surface area contributed by atoms with Crippen LogP contribution in [0.5, 0.6) is 5.06 Å². The van der Waals surface area contributed by atoms with E-state index in [1.54, 1.807) is 7.11 Å². The molecule has 0 saturated carbocycles. The molecule has 0 N–H and O–H groups in total. The van der Waals surface area contributed by atoms with Gasteiger partial charge in [0.05, 0.1) is 47.4 Å². The van der Waals surface area contributed by atoms with E-state index in [0.29, 0.717) is 16.9 Å². The topological polar surface area (TPSA) is 60.2 Å². The van der Waals surface area contributed by atoms with Crippen molar-refractivity contribution in [2.75, 3.05) is 12.0 Å². The van der Waals surface area contributed by atoms with Gasteiger partial charge < -0.3 is 4.74 Å². The number of anilines is 1. The number of pyridine rings is 1. The van der Waals surface area contributed by atoms with Crippen LogP contribution in [-0.2, 0) is 13.1 Å². The van der Waals surface area contributed by atoms with Gasteiger partial charge in [-0.15, -0.1) is 0 Å². The second kappa shape index (κ2) is 6.62. The first kappa shape index (κ1) is 18.5. The molecule has 6 nitrogen and oxygen atoms in total. The van der Waals surface area contributed by atoms with Gasteiger partial charge in [0.15, 0.2) is 5.06 Å². The van der Waals surface area contributed by atoms with Crippen molar-refractivity contribution in [2.45, 2.75) is 26.2 Å². The molecule has 3 aromatic rings. The van der Waals surface area contributed by atoms with E-state index in [9.17, 15) is 18.0 Å². The molecular weight excluding hydrogens is 393 g/mol. The molecule has 0 aliphatic carbocycles. The van der Waals surface area contributed by atoms with Gasteiger partial charge >= 0.3 is 6.18 Å². The Morgan fingerprint density at radius 1 is 1.32 bits per heavy atom. The first-order chi connectivity index (χ1) is 13.2. The van der Waals surface area contributed by atoms with Gasteiger partial charge in [-0.2, -0.15) is 18.3 Å². The number of hydrogen-bond donors (Lipinski definition) is 0. The molecule has 1 aliphatic heterocycles. The van der Waals surface area contributed by atoms with E-state index in [4.69, 9.17) is 4.74 Å². The Kier molecular flexibility index (Phi) is 4.37. The lowest BCUT2D eigenvalue weighted by Crippen LogP contribution is -2.23. The summed E-state index contributed by atoms with van der Waals surface area (Å²) in [6, 6.07) is 5.57. The summed E-state index contributed by atoms with van der Waals surface area (Å²) in [5, 5.41) is 4.47. The van der Waals surface area contributed by atoms with Gasteiger partial charge in [-0.05, 0) is 30.7 Å². The minimum atomic E-state index is -4.38. The quantitative estimate of drug-likeness (QED) is 0.654. The summed E-state index contributed by atoms with van der Waals surface area (Å²) in [6.07, 6.45) is -1.90. The molecule has 4 heterocycles. The summed E-state index contributed by atoms with van der Waals surface area (Å²) in [5.74, 6) is -0.290. The second-order valence-electron chi connectivity index (χ2n) is 6.37. The summed E-state index contributed by atoms with van der Waals surface area (Å²) in [7, 11) is 1.59. The van der Waals surface area contributed by atoms with Crippen LogP contribution in [0, 0.1) is 6.92 Å². The van der Waals surface area contributed by atoms with Gasteiger partial charge in [0.1, 0.15) is 6.54 Å². The van der Waals surface area contributed by atoms with Crippen LogP contribution in [0.1, 0.15) is 21.6 Å². The molecule has 28 heavy (non-hydrogen) atoms. The highest BCUT2D eigenvalue weighted by Gasteiger charge is 2.34. The highest BCUT2D eigenvalue weighted by atomic mass is 32.1. The lowest BCUT2D eigenvalue weighted by atomic mass is 10.1. The van der Waals surface area contributed by atoms with Crippen LogP contribution in [0.25, 0.3) is 10.6 Å². The summed E-state index contributed by atoms with van der Waals surface area (Å²) in [5.41, 5.74) is 2.88. The average Bonchev–Trinajstić information content (AvgIpc) is 3.32. The molecule has 0 saturated heterocycles. The van der Waals surface area contributed by atoms with Crippen LogP contribution in [0.4, 0.5) is 18.9 Å². The zero-order valence-corrected chi connectivity index (χ0v) is 15.8. The van der Waals surface area contributed by atoms with Gasteiger partial charge in [0.2, 0.25) is 0 Å². The number of carbonyl (C=O) groups excluding carboxylic acids is 1. The maximum absolute atomic E-state index is 12.8. The van der Waals surface area contributed by atoms with Crippen molar-refractivity contribution in [2.24, 2.45) is 0 Å². The van der Waals surface area contributed by atoms with Crippen LogP contribution in [-0.4, -0.2) is 34.0 Å². The smallest absolute Gasteiger partial charge is 0.408 e. The maximum Gasteiger partial charge on any atom is 0.408 e. The fourth-order valence-corrected chi connectivity index (χ4v) is 3.95. The fourth-order valence-electron chi connectivity index (χ4n) is 3.17. The first-order valence-electron chi connectivity index (χ1n) is 8.31. The minimum Gasteiger partial charge on any atom is -0.487 e. The Hall–Kier alpha value is -2.88. The number of alkyl halides is 3. The summed E-state index contributed by atoms with van der Waals surface area (Å²) >= 11 is 1.44. The van der Waals surface area contributed by atoms with Crippen LogP contribution >= 0.6 is 11.3 Å². The standard InChI is InChI=1S/C18H15F3N4O2S/c1-10-5-12(14-3-4-15(27-2)28-14)23-13-8-25(17(26)16(10)13)11-6-22-24(7-11)9-18(19,20)21/h3-7H,8-9H2,1-2H3. The maximum atomic E-state index is 12.8. The summed E-state index contributed by atoms with van der Waals surface area (Å²) < 4.78 is 43.6. The number of fused-ring (bicyclic) bond motifs is 1. The number of aromatic nitrogens is 3. The molecule has 0 unspecified atom stereocenters. The van der Waals surface area contributed by atoms with Crippen LogP contribution in [0.15, 0.2) is 30.6 Å². The second-order valence-corrected chi connectivity index (χ2v) is 7.42. The van der Waals surface area contributed by atoms with E-state index in [-0.39, 0.29) is 12.5 Å². The first-order valence-corrected chi connectivity index (χ1v) is 9.12. The Balaban J connectivity index is 1.64. The Morgan fingerprint density at radius 2 is 2.11 bits per heavy atom. The number of thiophene rings is 1. The van der Waals surface area contributed by atoms with Gasteiger partial charge in [0.25, 0.3) is 5.91 Å². The molecule has 0 bridgehead atoms. The SMILES string of the molecule is COc1ccc(-c2cc(C)c3c(n2)CN(c2cnn(CC(F)(F)F)c2)C3=O)s1. The lowest BCUT2D eigenvalue weighted by Gasteiger charge is -2.12. The zero-order chi connectivity index (χ0) is 20.1. The molecule has 0 aromatic carbocycles. The van der Waals surface area contributed by atoms with E-state index < -0.39 is 12.7 Å². The van der Waals surface area contributed by atoms with E-state index in [1.807, 2.05) is 25.1 Å². The van der Waals surface area contributed by atoms with Gasteiger partial charge in [-0.1, -0.05) is 11.3 Å². The number of amides is 1. The Morgan fingerprint density at radius 3 is 2.79 bits per heavy atom. The van der Waals surface area contributed by atoms with Gasteiger partial charge in [-0.25, -0.2) is 4.98 Å². The number of rotatable bonds is 4. The minimum absolute atomic E-state index is 0.184. The van der Waals surface area contributed by atoms with E-state index in [1.165, 1.54) is 28.6 Å². The fraction of sp³-hybridized carbons (Fsp3) is 0.278. The molecule has 1 aliphatic rings. The third-order valence-corrected chi connectivity index (χ3v) is 5.44. The number of ether oxygens (including phenoxy) is 1. The lowest BCUT2D eigenvalue weighted by molar-refractivity contribution is -0.142. The third kappa shape index (κ3) is 3.35. The van der Waals surface area contributed by atoms with Gasteiger partial charge in [0, 0.05) is 6.20 Å². The van der Waals surface area contributed by atoms with Crippen LogP contribution < -0.4 is 9.64 Å². The molecule has 1 amide bonds. The highest BCUT2D eigenvalue weighted by molar-refractivity contribution is 7.17. The van der Waals surface area contributed by atoms with E-state index in [2.05, 4.69) is 10.1 Å². The van der Waals surface area contributed by atoms with Crippen molar-refractivity contribution in [1.82, 2.24) is 14.8 Å². The highest BCUT2D eigenvalue weighted by Crippen LogP contribution is 2.36. The number of aryl methyl sites for hydroxylation is 1. The Labute approximate surface area is 162 Å². The van der Waals surface area contributed by atoms with Crippen molar-refractivity contribution in [3.8, 4) is 15.6 Å². The Bertz CT molecular complexity index is 1060. The molecule has 146 valence electrons. The van der Waals surface area contributed by atoms with E-state index in [0.717, 1.165) is 25.9 Å².